The molecule has 6 nitrogen and oxygen atoms in total. The smallest absolute Gasteiger partial charge is 0.406 e. The summed E-state index contributed by atoms with van der Waals surface area (Å²) >= 11 is 0. The Bertz CT molecular complexity index is 1070. The molecule has 9 heteroatoms. The Morgan fingerprint density at radius 2 is 1.88 bits per heavy atom. The lowest BCUT2D eigenvalue weighted by molar-refractivity contribution is -0.274. The molecule has 4 rings (SSSR count). The zero-order valence-corrected chi connectivity index (χ0v) is 18.3. The highest BCUT2D eigenvalue weighted by Gasteiger charge is 2.31. The highest BCUT2D eigenvalue weighted by atomic mass is 19.4. The van der Waals surface area contributed by atoms with Crippen molar-refractivity contribution in [1.82, 2.24) is 19.9 Å². The summed E-state index contributed by atoms with van der Waals surface area (Å²) in [5, 5.41) is 3.05. The van der Waals surface area contributed by atoms with E-state index in [1.807, 2.05) is 10.6 Å². The number of carbonyl (C=O) groups excluding carboxylic acids is 1. The summed E-state index contributed by atoms with van der Waals surface area (Å²) in [7, 11) is 0. The Labute approximate surface area is 190 Å². The van der Waals surface area contributed by atoms with Gasteiger partial charge in [0.1, 0.15) is 17.1 Å². The van der Waals surface area contributed by atoms with Crippen molar-refractivity contribution in [2.24, 2.45) is 5.92 Å². The van der Waals surface area contributed by atoms with Gasteiger partial charge in [-0.15, -0.1) is 13.2 Å². The number of carbonyl (C=O) groups is 1. The molecule has 1 aliphatic carbocycles. The molecule has 2 aromatic heterocycles. The lowest BCUT2D eigenvalue weighted by Gasteiger charge is -2.21. The summed E-state index contributed by atoms with van der Waals surface area (Å²) in [6.45, 7) is 1.10. The summed E-state index contributed by atoms with van der Waals surface area (Å²) in [4.78, 5) is 21.5. The molecular formula is C24H27F3N4O2. The second-order valence-electron chi connectivity index (χ2n) is 8.46. The molecule has 0 radical (unpaired) electrons. The fraction of sp³-hybridized carbons (Fsp3) is 0.458. The van der Waals surface area contributed by atoms with Crippen LogP contribution < -0.4 is 10.1 Å². The third kappa shape index (κ3) is 6.46. The SMILES string of the molecule is O=C(CCc1nc2cccnc2n1Cc1ccc(OC(F)(F)F)cc1)NCC1CCCCC1. The Morgan fingerprint density at radius 3 is 2.61 bits per heavy atom. The molecule has 0 atom stereocenters. The van der Waals surface area contributed by atoms with Crippen LogP contribution >= 0.6 is 0 Å². The lowest BCUT2D eigenvalue weighted by Crippen LogP contribution is -2.30. The Kier molecular flexibility index (Phi) is 7.15. The first-order valence-electron chi connectivity index (χ1n) is 11.3. The zero-order chi connectivity index (χ0) is 23.3. The number of imidazole rings is 1. The second kappa shape index (κ2) is 10.2. The van der Waals surface area contributed by atoms with Crippen molar-refractivity contribution >= 4 is 17.1 Å². The molecule has 1 amide bonds. The number of aromatic nitrogens is 3. The fourth-order valence-corrected chi connectivity index (χ4v) is 4.30. The van der Waals surface area contributed by atoms with Crippen molar-refractivity contribution in [2.45, 2.75) is 57.9 Å². The molecule has 0 aliphatic heterocycles. The molecule has 176 valence electrons. The van der Waals surface area contributed by atoms with Crippen LogP contribution in [-0.2, 0) is 17.8 Å². The molecule has 33 heavy (non-hydrogen) atoms. The molecule has 1 aliphatic rings. The Morgan fingerprint density at radius 1 is 1.12 bits per heavy atom. The number of pyridine rings is 1. The average molecular weight is 461 g/mol. The van der Waals surface area contributed by atoms with Crippen LogP contribution in [0.5, 0.6) is 5.75 Å². The van der Waals surface area contributed by atoms with Gasteiger partial charge in [0.25, 0.3) is 0 Å². The number of ether oxygens (including phenoxy) is 1. The number of amides is 1. The molecule has 3 aromatic rings. The summed E-state index contributed by atoms with van der Waals surface area (Å²) < 4.78 is 43.1. The largest absolute Gasteiger partial charge is 0.573 e. The minimum atomic E-state index is -4.73. The number of hydrogen-bond donors (Lipinski definition) is 1. The molecule has 1 saturated carbocycles. The summed E-state index contributed by atoms with van der Waals surface area (Å²) in [6.07, 6.45) is 3.81. The maximum absolute atomic E-state index is 12.4. The average Bonchev–Trinajstić information content (AvgIpc) is 3.14. The molecule has 0 unspecified atom stereocenters. The van der Waals surface area contributed by atoms with E-state index in [1.54, 1.807) is 24.4 Å². The van der Waals surface area contributed by atoms with Crippen LogP contribution in [0.2, 0.25) is 0 Å². The summed E-state index contributed by atoms with van der Waals surface area (Å²) in [6, 6.07) is 9.38. The van der Waals surface area contributed by atoms with Gasteiger partial charge in [0.2, 0.25) is 5.91 Å². The highest BCUT2D eigenvalue weighted by Crippen LogP contribution is 2.24. The first-order chi connectivity index (χ1) is 15.9. The quantitative estimate of drug-likeness (QED) is 0.513. The molecule has 0 spiro atoms. The van der Waals surface area contributed by atoms with Gasteiger partial charge in [-0.3, -0.25) is 4.79 Å². The standard InChI is InChI=1S/C24H27F3N4O2/c25-24(26,27)33-19-10-8-18(9-11-19)16-31-21(30-20-7-4-14-28-23(20)31)12-13-22(32)29-15-17-5-2-1-3-6-17/h4,7-11,14,17H,1-3,5-6,12-13,15-16H2,(H,29,32). The minimum Gasteiger partial charge on any atom is -0.406 e. The van der Waals surface area contributed by atoms with Gasteiger partial charge >= 0.3 is 6.36 Å². The van der Waals surface area contributed by atoms with E-state index in [9.17, 15) is 18.0 Å². The minimum absolute atomic E-state index is 0.000733. The molecule has 2 heterocycles. The van der Waals surface area contributed by atoms with Gasteiger partial charge in [-0.05, 0) is 48.6 Å². The van der Waals surface area contributed by atoms with Gasteiger partial charge in [0, 0.05) is 25.6 Å². The van der Waals surface area contributed by atoms with E-state index in [0.29, 0.717) is 42.3 Å². The van der Waals surface area contributed by atoms with Gasteiger partial charge in [0.05, 0.1) is 6.54 Å². The molecule has 1 aromatic carbocycles. The van der Waals surface area contributed by atoms with Crippen molar-refractivity contribution in [3.63, 3.8) is 0 Å². The van der Waals surface area contributed by atoms with Gasteiger partial charge in [-0.2, -0.15) is 0 Å². The van der Waals surface area contributed by atoms with E-state index in [4.69, 9.17) is 0 Å². The predicted octanol–water partition coefficient (Wildman–Crippen LogP) is 5.01. The van der Waals surface area contributed by atoms with E-state index in [0.717, 1.165) is 12.1 Å². The lowest BCUT2D eigenvalue weighted by atomic mass is 9.89. The van der Waals surface area contributed by atoms with Gasteiger partial charge in [0.15, 0.2) is 5.65 Å². The molecular weight excluding hydrogens is 433 g/mol. The van der Waals surface area contributed by atoms with Crippen LogP contribution in [0, 0.1) is 5.92 Å². The van der Waals surface area contributed by atoms with Gasteiger partial charge < -0.3 is 14.6 Å². The van der Waals surface area contributed by atoms with Crippen molar-refractivity contribution in [2.75, 3.05) is 6.54 Å². The predicted molar refractivity (Wildman–Crippen MR) is 118 cm³/mol. The van der Waals surface area contributed by atoms with E-state index in [1.165, 1.54) is 44.2 Å². The number of halogens is 3. The fourth-order valence-electron chi connectivity index (χ4n) is 4.30. The summed E-state index contributed by atoms with van der Waals surface area (Å²) in [5.74, 6) is 1.02. The third-order valence-electron chi connectivity index (χ3n) is 5.97. The van der Waals surface area contributed by atoms with Crippen LogP contribution in [-0.4, -0.2) is 33.3 Å². The van der Waals surface area contributed by atoms with Gasteiger partial charge in [-0.1, -0.05) is 31.4 Å². The van der Waals surface area contributed by atoms with Crippen molar-refractivity contribution < 1.29 is 22.7 Å². The van der Waals surface area contributed by atoms with Crippen LogP contribution in [0.25, 0.3) is 11.2 Å². The number of aryl methyl sites for hydroxylation is 1. The van der Waals surface area contributed by atoms with Crippen LogP contribution in [0.3, 0.4) is 0 Å². The monoisotopic (exact) mass is 460 g/mol. The van der Waals surface area contributed by atoms with E-state index < -0.39 is 6.36 Å². The Balaban J connectivity index is 1.42. The number of alkyl halides is 3. The van der Waals surface area contributed by atoms with Crippen LogP contribution in [0.1, 0.15) is 49.9 Å². The molecule has 0 bridgehead atoms. The number of benzene rings is 1. The Hall–Kier alpha value is -3.10. The second-order valence-corrected chi connectivity index (χ2v) is 8.46. The topological polar surface area (TPSA) is 69.0 Å². The van der Waals surface area contributed by atoms with Crippen LogP contribution in [0.15, 0.2) is 42.6 Å². The molecule has 1 N–H and O–H groups in total. The number of fused-ring (bicyclic) bond motifs is 1. The normalized spacial score (nSPS) is 15.0. The van der Waals surface area contributed by atoms with Crippen molar-refractivity contribution in [3.8, 4) is 5.75 Å². The number of hydrogen-bond acceptors (Lipinski definition) is 4. The van der Waals surface area contributed by atoms with Gasteiger partial charge in [-0.25, -0.2) is 9.97 Å². The molecule has 0 saturated heterocycles. The number of rotatable bonds is 8. The zero-order valence-electron chi connectivity index (χ0n) is 18.3. The maximum Gasteiger partial charge on any atom is 0.573 e. The molecule has 1 fully saturated rings. The summed E-state index contributed by atoms with van der Waals surface area (Å²) in [5.41, 5.74) is 2.16. The first-order valence-corrected chi connectivity index (χ1v) is 11.3. The van der Waals surface area contributed by atoms with Crippen LogP contribution in [0.4, 0.5) is 13.2 Å². The van der Waals surface area contributed by atoms with Crippen molar-refractivity contribution in [3.05, 3.63) is 54.0 Å². The number of nitrogens with one attached hydrogen (secondary N) is 1. The van der Waals surface area contributed by atoms with E-state index >= 15 is 0 Å². The number of nitrogens with zero attached hydrogens (tertiary/aromatic N) is 3. The van der Waals surface area contributed by atoms with Crippen molar-refractivity contribution in [1.29, 1.82) is 0 Å². The highest BCUT2D eigenvalue weighted by molar-refractivity contribution is 5.76. The first kappa shape index (κ1) is 23.1. The third-order valence-corrected chi connectivity index (χ3v) is 5.97. The van der Waals surface area contributed by atoms with E-state index in [2.05, 4.69) is 20.0 Å². The maximum atomic E-state index is 12.4. The van der Waals surface area contributed by atoms with E-state index in [-0.39, 0.29) is 11.7 Å².